The van der Waals surface area contributed by atoms with Crippen LogP contribution in [0.2, 0.25) is 0 Å². The Morgan fingerprint density at radius 2 is 1.56 bits per heavy atom. The number of carbonyl (C=O) groups excluding carboxylic acids is 1. The molecule has 0 heterocycles. The fourth-order valence-corrected chi connectivity index (χ4v) is 2.54. The third kappa shape index (κ3) is 4.00. The van der Waals surface area contributed by atoms with Gasteiger partial charge in [0.1, 0.15) is 5.69 Å². The minimum atomic E-state index is -1.04. The van der Waals surface area contributed by atoms with Gasteiger partial charge < -0.3 is 30.3 Å². The molecule has 0 aliphatic carbocycles. The van der Waals surface area contributed by atoms with Gasteiger partial charge >= 0.3 is 0 Å². The Bertz CT molecular complexity index is 810. The van der Waals surface area contributed by atoms with Crippen LogP contribution < -0.4 is 10.2 Å². The number of amides is 1. The van der Waals surface area contributed by atoms with Crippen LogP contribution in [0.3, 0.4) is 0 Å². The Kier molecular flexibility index (Phi) is 5.47. The van der Waals surface area contributed by atoms with Crippen LogP contribution in [0.4, 0.5) is 5.69 Å². The van der Waals surface area contributed by atoms with E-state index in [0.29, 0.717) is 10.5 Å². The summed E-state index contributed by atoms with van der Waals surface area (Å²) in [6.45, 7) is 0. The Morgan fingerprint density at radius 1 is 0.960 bits per heavy atom. The van der Waals surface area contributed by atoms with Crippen LogP contribution >= 0.6 is 11.9 Å². The molecule has 132 valence electrons. The number of benzene rings is 2. The second-order valence-electron chi connectivity index (χ2n) is 4.70. The molecular weight excluding hydrogens is 352 g/mol. The summed E-state index contributed by atoms with van der Waals surface area (Å²) in [6, 6.07) is 6.69. The first-order chi connectivity index (χ1) is 11.8. The van der Waals surface area contributed by atoms with E-state index < -0.39 is 40.3 Å². The van der Waals surface area contributed by atoms with Crippen LogP contribution in [0, 0.1) is 0 Å². The van der Waals surface area contributed by atoms with Gasteiger partial charge in [-0.15, -0.1) is 0 Å². The van der Waals surface area contributed by atoms with Crippen molar-refractivity contribution in [2.45, 2.75) is 4.90 Å². The number of nitrogens with one attached hydrogen (secondary N) is 2. The normalized spacial score (nSPS) is 10.8. The molecule has 0 atom stereocenters. The molecule has 2 rings (SSSR count). The van der Waals surface area contributed by atoms with Crippen LogP contribution in [0.5, 0.6) is 28.7 Å². The van der Waals surface area contributed by atoms with Gasteiger partial charge in [0.2, 0.25) is 17.2 Å². The highest BCUT2D eigenvalue weighted by atomic mass is 32.2. The van der Waals surface area contributed by atoms with E-state index in [0.717, 1.165) is 18.0 Å². The molecule has 0 bridgehead atoms. The van der Waals surface area contributed by atoms with Crippen LogP contribution in [0.15, 0.2) is 35.2 Å². The predicted molar refractivity (Wildman–Crippen MR) is 89.7 cm³/mol. The van der Waals surface area contributed by atoms with E-state index in [1.807, 2.05) is 0 Å². The number of hydrogen-bond donors (Lipinski definition) is 8. The van der Waals surface area contributed by atoms with Crippen molar-refractivity contribution in [3.05, 3.63) is 35.9 Å². The van der Waals surface area contributed by atoms with E-state index >= 15 is 0 Å². The quantitative estimate of drug-likeness (QED) is 0.0985. The molecule has 25 heavy (non-hydrogen) atoms. The second-order valence-corrected chi connectivity index (χ2v) is 5.58. The van der Waals surface area contributed by atoms with Crippen molar-refractivity contribution in [3.8, 4) is 28.7 Å². The van der Waals surface area contributed by atoms with Crippen molar-refractivity contribution < 1.29 is 35.5 Å². The molecule has 0 radical (unpaired) electrons. The molecule has 0 spiro atoms. The number of rotatable bonds is 5. The van der Waals surface area contributed by atoms with Crippen LogP contribution in [-0.2, 0) is 4.79 Å². The lowest BCUT2D eigenvalue weighted by Gasteiger charge is -2.13. The fourth-order valence-electron chi connectivity index (χ4n) is 1.78. The number of hydrogen-bond acceptors (Lipinski definition) is 9. The molecule has 0 unspecified atom stereocenters. The third-order valence-electron chi connectivity index (χ3n) is 3.04. The molecule has 0 aliphatic rings. The number of carbonyl (C=O) groups is 1. The molecule has 10 heteroatoms. The van der Waals surface area contributed by atoms with Gasteiger partial charge in [-0.3, -0.25) is 10.0 Å². The Balaban J connectivity index is 2.20. The highest BCUT2D eigenvalue weighted by molar-refractivity contribution is 8.00. The van der Waals surface area contributed by atoms with E-state index in [1.54, 1.807) is 24.3 Å². The summed E-state index contributed by atoms with van der Waals surface area (Å²) in [5.74, 6) is -5.37. The van der Waals surface area contributed by atoms with Gasteiger partial charge in [-0.05, 0) is 35.7 Å². The Labute approximate surface area is 145 Å². The lowest BCUT2D eigenvalue weighted by Crippen LogP contribution is -2.14. The van der Waals surface area contributed by atoms with Gasteiger partial charge in [-0.1, -0.05) is 12.1 Å². The van der Waals surface area contributed by atoms with Crippen molar-refractivity contribution in [1.29, 1.82) is 0 Å². The summed E-state index contributed by atoms with van der Waals surface area (Å²) >= 11 is 0.922. The third-order valence-corrected chi connectivity index (χ3v) is 3.83. The topological polar surface area (TPSA) is 163 Å². The van der Waals surface area contributed by atoms with Crippen molar-refractivity contribution >= 4 is 29.6 Å². The monoisotopic (exact) mass is 366 g/mol. The molecule has 2 aromatic carbocycles. The smallest absolute Gasteiger partial charge is 0.267 e. The highest BCUT2D eigenvalue weighted by Crippen LogP contribution is 2.54. The lowest BCUT2D eigenvalue weighted by atomic mass is 10.2. The Hall–Kier alpha value is -3.24. The number of phenols is 5. The summed E-state index contributed by atoms with van der Waals surface area (Å²) in [6.07, 6.45) is 2.56. The zero-order chi connectivity index (χ0) is 18.6. The van der Waals surface area contributed by atoms with E-state index in [2.05, 4.69) is 4.72 Å². The first-order valence-electron chi connectivity index (χ1n) is 6.69. The van der Waals surface area contributed by atoms with Crippen molar-refractivity contribution in [2.24, 2.45) is 0 Å². The van der Waals surface area contributed by atoms with Gasteiger partial charge in [-0.2, -0.15) is 0 Å². The maximum Gasteiger partial charge on any atom is 0.267 e. The minimum Gasteiger partial charge on any atom is -0.503 e. The first-order valence-corrected chi connectivity index (χ1v) is 7.50. The number of hydroxylamine groups is 1. The van der Waals surface area contributed by atoms with E-state index in [-0.39, 0.29) is 0 Å². The lowest BCUT2D eigenvalue weighted by molar-refractivity contribution is -0.124. The zero-order valence-corrected chi connectivity index (χ0v) is 13.3. The van der Waals surface area contributed by atoms with Crippen molar-refractivity contribution in [3.63, 3.8) is 0 Å². The van der Waals surface area contributed by atoms with Gasteiger partial charge in [0.15, 0.2) is 11.5 Å². The maximum absolute atomic E-state index is 11.0. The molecule has 0 saturated carbocycles. The molecule has 2 aromatic rings. The highest BCUT2D eigenvalue weighted by Gasteiger charge is 2.23. The van der Waals surface area contributed by atoms with Gasteiger partial charge in [-0.25, -0.2) is 5.48 Å². The van der Waals surface area contributed by atoms with Crippen molar-refractivity contribution in [2.75, 3.05) is 4.72 Å². The van der Waals surface area contributed by atoms with Crippen molar-refractivity contribution in [1.82, 2.24) is 5.48 Å². The average Bonchev–Trinajstić information content (AvgIpc) is 2.63. The predicted octanol–water partition coefficient (Wildman–Crippen LogP) is 1.85. The fraction of sp³-hybridized carbons (Fsp3) is 0. The average molecular weight is 366 g/mol. The molecule has 0 aromatic heterocycles. The van der Waals surface area contributed by atoms with Gasteiger partial charge in [0.25, 0.3) is 5.91 Å². The van der Waals surface area contributed by atoms with Gasteiger partial charge in [0, 0.05) is 11.0 Å². The number of aromatic hydroxyl groups is 5. The first kappa shape index (κ1) is 18.1. The summed E-state index contributed by atoms with van der Waals surface area (Å²) in [5, 5.41) is 56.2. The molecular formula is C15H14N2O7S. The molecule has 1 amide bonds. The standard InChI is InChI=1S/C15H14N2O7S/c18-9(16-24)5-4-7-2-1-3-8(6-7)25-17-10-11(19)13(21)15(23)14(22)12(10)20/h1-6,17,19-24H,(H,16,18)/b5-4+. The molecule has 9 nitrogen and oxygen atoms in total. The summed E-state index contributed by atoms with van der Waals surface area (Å²) in [7, 11) is 0. The number of anilines is 1. The molecule has 0 saturated heterocycles. The van der Waals surface area contributed by atoms with E-state index in [9.17, 15) is 30.3 Å². The molecule has 0 aliphatic heterocycles. The van der Waals surface area contributed by atoms with E-state index in [4.69, 9.17) is 5.21 Å². The van der Waals surface area contributed by atoms with E-state index in [1.165, 1.54) is 11.6 Å². The number of phenolic OH excluding ortho intramolecular Hbond substituents is 5. The minimum absolute atomic E-state index is 0.390. The van der Waals surface area contributed by atoms with Crippen LogP contribution in [-0.4, -0.2) is 36.6 Å². The summed E-state index contributed by atoms with van der Waals surface area (Å²) < 4.78 is 2.55. The molecule has 8 N–H and O–H groups in total. The largest absolute Gasteiger partial charge is 0.503 e. The second kappa shape index (κ2) is 7.55. The van der Waals surface area contributed by atoms with Crippen LogP contribution in [0.1, 0.15) is 5.56 Å². The summed E-state index contributed by atoms with van der Waals surface area (Å²) in [4.78, 5) is 11.6. The Morgan fingerprint density at radius 3 is 2.16 bits per heavy atom. The SMILES string of the molecule is O=C(/C=C/c1cccc(SNc2c(O)c(O)c(O)c(O)c2O)c1)NO. The van der Waals surface area contributed by atoms with Gasteiger partial charge in [0.05, 0.1) is 0 Å². The van der Waals surface area contributed by atoms with Crippen LogP contribution in [0.25, 0.3) is 6.08 Å². The zero-order valence-electron chi connectivity index (χ0n) is 12.5. The maximum atomic E-state index is 11.0. The summed E-state index contributed by atoms with van der Waals surface area (Å²) in [5.41, 5.74) is 1.69. The molecule has 0 fully saturated rings.